The third kappa shape index (κ3) is 4.73. The highest BCUT2D eigenvalue weighted by Crippen LogP contribution is 2.01. The van der Waals surface area contributed by atoms with Crippen LogP contribution in [0.4, 0.5) is 0 Å². The number of nitrogens with two attached hydrogens (primary N) is 1. The van der Waals surface area contributed by atoms with Crippen LogP contribution in [0.25, 0.3) is 0 Å². The molecule has 1 atom stereocenters. The second kappa shape index (κ2) is 6.61. The summed E-state index contributed by atoms with van der Waals surface area (Å²) in [6.45, 7) is 6.29. The summed E-state index contributed by atoms with van der Waals surface area (Å²) in [6.07, 6.45) is 2.83. The number of aromatic nitrogens is 1. The largest absolute Gasteiger partial charge is 0.326 e. The van der Waals surface area contributed by atoms with Gasteiger partial charge in [0.2, 0.25) is 0 Å². The van der Waals surface area contributed by atoms with Gasteiger partial charge in [-0.1, -0.05) is 19.9 Å². The Bertz CT molecular complexity index is 284. The molecule has 0 aliphatic rings. The molecule has 90 valence electrons. The molecule has 1 rings (SSSR count). The molecule has 0 radical (unpaired) electrons. The predicted molar refractivity (Wildman–Crippen MR) is 68.3 cm³/mol. The normalized spacial score (nSPS) is 13.4. The monoisotopic (exact) mass is 221 g/mol. The molecule has 3 nitrogen and oxygen atoms in total. The molecular formula is C13H23N3. The van der Waals surface area contributed by atoms with E-state index in [4.69, 9.17) is 5.73 Å². The molecule has 0 spiro atoms. The van der Waals surface area contributed by atoms with Crippen LogP contribution in [-0.2, 0) is 6.42 Å². The van der Waals surface area contributed by atoms with Crippen molar-refractivity contribution in [3.63, 3.8) is 0 Å². The maximum absolute atomic E-state index is 6.03. The lowest BCUT2D eigenvalue weighted by atomic mass is 10.1. The molecule has 0 bridgehead atoms. The molecule has 0 unspecified atom stereocenters. The summed E-state index contributed by atoms with van der Waals surface area (Å²) in [5.41, 5.74) is 7.17. The number of likely N-dealkylation sites (N-methyl/N-ethyl adjacent to an activating group) is 1. The minimum atomic E-state index is 0.258. The van der Waals surface area contributed by atoms with Gasteiger partial charge in [-0.2, -0.15) is 0 Å². The van der Waals surface area contributed by atoms with E-state index in [2.05, 4.69) is 36.8 Å². The van der Waals surface area contributed by atoms with E-state index in [1.165, 1.54) is 0 Å². The van der Waals surface area contributed by atoms with E-state index >= 15 is 0 Å². The van der Waals surface area contributed by atoms with Gasteiger partial charge >= 0.3 is 0 Å². The third-order valence-corrected chi connectivity index (χ3v) is 2.85. The van der Waals surface area contributed by atoms with Crippen LogP contribution < -0.4 is 5.73 Å². The van der Waals surface area contributed by atoms with E-state index in [1.807, 2.05) is 18.3 Å². The van der Waals surface area contributed by atoms with Crippen molar-refractivity contribution < 1.29 is 0 Å². The van der Waals surface area contributed by atoms with Crippen LogP contribution in [0.5, 0.6) is 0 Å². The maximum atomic E-state index is 6.03. The fourth-order valence-corrected chi connectivity index (χ4v) is 1.51. The lowest BCUT2D eigenvalue weighted by molar-refractivity contribution is 0.285. The first-order valence-electron chi connectivity index (χ1n) is 5.93. The van der Waals surface area contributed by atoms with E-state index in [0.717, 1.165) is 25.2 Å². The van der Waals surface area contributed by atoms with Gasteiger partial charge in [0.25, 0.3) is 0 Å². The van der Waals surface area contributed by atoms with E-state index in [1.54, 1.807) is 0 Å². The quantitative estimate of drug-likeness (QED) is 0.792. The Labute approximate surface area is 98.7 Å². The summed E-state index contributed by atoms with van der Waals surface area (Å²) in [5, 5.41) is 0. The van der Waals surface area contributed by atoms with Gasteiger partial charge in [-0.05, 0) is 25.1 Å². The second-order valence-corrected chi connectivity index (χ2v) is 4.74. The fourth-order valence-electron chi connectivity index (χ4n) is 1.51. The van der Waals surface area contributed by atoms with E-state index in [9.17, 15) is 0 Å². The molecule has 0 saturated carbocycles. The molecule has 16 heavy (non-hydrogen) atoms. The second-order valence-electron chi connectivity index (χ2n) is 4.74. The molecule has 0 aliphatic heterocycles. The van der Waals surface area contributed by atoms with Gasteiger partial charge in [0.1, 0.15) is 0 Å². The van der Waals surface area contributed by atoms with Crippen molar-refractivity contribution in [3.05, 3.63) is 30.1 Å². The van der Waals surface area contributed by atoms with E-state index < -0.39 is 0 Å². The van der Waals surface area contributed by atoms with Crippen LogP contribution in [0, 0.1) is 5.92 Å². The van der Waals surface area contributed by atoms with Gasteiger partial charge in [0.15, 0.2) is 0 Å². The van der Waals surface area contributed by atoms with Crippen LogP contribution in [0.1, 0.15) is 19.5 Å². The smallest absolute Gasteiger partial charge is 0.0416 e. The van der Waals surface area contributed by atoms with Crippen molar-refractivity contribution in [2.24, 2.45) is 11.7 Å². The Kier molecular flexibility index (Phi) is 5.43. The standard InChI is InChI=1S/C13H23N3/c1-11(2)13(14)10-16(3)9-7-12-6-4-5-8-15-12/h4-6,8,11,13H,7,9-10,14H2,1-3H3/t13-/m1/s1. The van der Waals surface area contributed by atoms with Crippen LogP contribution in [0.15, 0.2) is 24.4 Å². The fraction of sp³-hybridized carbons (Fsp3) is 0.615. The van der Waals surface area contributed by atoms with E-state index in [-0.39, 0.29) is 6.04 Å². The lowest BCUT2D eigenvalue weighted by Crippen LogP contribution is -2.39. The zero-order chi connectivity index (χ0) is 12.0. The van der Waals surface area contributed by atoms with Crippen LogP contribution >= 0.6 is 0 Å². The van der Waals surface area contributed by atoms with Gasteiger partial charge in [0.05, 0.1) is 0 Å². The Morgan fingerprint density at radius 2 is 2.12 bits per heavy atom. The number of nitrogens with zero attached hydrogens (tertiary/aromatic N) is 2. The Balaban J connectivity index is 2.28. The minimum absolute atomic E-state index is 0.258. The zero-order valence-corrected chi connectivity index (χ0v) is 10.6. The summed E-state index contributed by atoms with van der Waals surface area (Å²) < 4.78 is 0. The van der Waals surface area contributed by atoms with Crippen molar-refractivity contribution in [1.29, 1.82) is 0 Å². The highest BCUT2D eigenvalue weighted by molar-refractivity contribution is 5.03. The Hall–Kier alpha value is -0.930. The topological polar surface area (TPSA) is 42.1 Å². The summed E-state index contributed by atoms with van der Waals surface area (Å²) in [7, 11) is 2.12. The number of rotatable bonds is 6. The average Bonchev–Trinajstić information content (AvgIpc) is 2.27. The highest BCUT2D eigenvalue weighted by Gasteiger charge is 2.10. The molecule has 3 heteroatoms. The molecule has 1 aromatic heterocycles. The van der Waals surface area contributed by atoms with Crippen molar-refractivity contribution in [2.75, 3.05) is 20.1 Å². The predicted octanol–water partition coefficient (Wildman–Crippen LogP) is 1.54. The van der Waals surface area contributed by atoms with Gasteiger partial charge in [-0.3, -0.25) is 4.98 Å². The molecule has 0 aromatic carbocycles. The molecular weight excluding hydrogens is 198 g/mol. The lowest BCUT2D eigenvalue weighted by Gasteiger charge is -2.23. The SMILES string of the molecule is CC(C)[C@H](N)CN(C)CCc1ccccn1. The molecule has 0 aliphatic carbocycles. The first-order valence-corrected chi connectivity index (χ1v) is 5.93. The first kappa shape index (κ1) is 13.1. The molecule has 0 fully saturated rings. The number of hydrogen-bond donors (Lipinski definition) is 1. The van der Waals surface area contributed by atoms with Gasteiger partial charge in [-0.15, -0.1) is 0 Å². The molecule has 1 heterocycles. The third-order valence-electron chi connectivity index (χ3n) is 2.85. The summed E-state index contributed by atoms with van der Waals surface area (Å²) in [6, 6.07) is 6.30. The van der Waals surface area contributed by atoms with Crippen molar-refractivity contribution >= 4 is 0 Å². The van der Waals surface area contributed by atoms with Gasteiger partial charge in [-0.25, -0.2) is 0 Å². The Morgan fingerprint density at radius 3 is 2.69 bits per heavy atom. The van der Waals surface area contributed by atoms with Crippen molar-refractivity contribution in [1.82, 2.24) is 9.88 Å². The van der Waals surface area contributed by atoms with Crippen molar-refractivity contribution in [3.8, 4) is 0 Å². The maximum Gasteiger partial charge on any atom is 0.0416 e. The molecule has 2 N–H and O–H groups in total. The minimum Gasteiger partial charge on any atom is -0.326 e. The average molecular weight is 221 g/mol. The Morgan fingerprint density at radius 1 is 1.38 bits per heavy atom. The molecule has 0 saturated heterocycles. The first-order chi connectivity index (χ1) is 7.59. The van der Waals surface area contributed by atoms with Crippen molar-refractivity contribution in [2.45, 2.75) is 26.3 Å². The van der Waals surface area contributed by atoms with Gasteiger partial charge < -0.3 is 10.6 Å². The van der Waals surface area contributed by atoms with E-state index in [0.29, 0.717) is 5.92 Å². The highest BCUT2D eigenvalue weighted by atomic mass is 15.1. The summed E-state index contributed by atoms with van der Waals surface area (Å²) in [4.78, 5) is 6.58. The number of hydrogen-bond acceptors (Lipinski definition) is 3. The summed E-state index contributed by atoms with van der Waals surface area (Å²) in [5.74, 6) is 0.539. The molecule has 1 aromatic rings. The van der Waals surface area contributed by atoms with Crippen LogP contribution in [0.2, 0.25) is 0 Å². The van der Waals surface area contributed by atoms with Crippen LogP contribution in [-0.4, -0.2) is 36.1 Å². The number of pyridine rings is 1. The summed E-state index contributed by atoms with van der Waals surface area (Å²) >= 11 is 0. The zero-order valence-electron chi connectivity index (χ0n) is 10.6. The molecule has 0 amide bonds. The van der Waals surface area contributed by atoms with Crippen LogP contribution in [0.3, 0.4) is 0 Å². The van der Waals surface area contributed by atoms with Gasteiger partial charge in [0, 0.05) is 37.4 Å².